The van der Waals surface area contributed by atoms with Crippen LogP contribution in [0, 0.1) is 0 Å². The number of nitrogens with zero attached hydrogens (tertiary/aromatic N) is 3. The molecule has 0 bridgehead atoms. The molecule has 0 spiro atoms. The number of aromatic nitrogens is 3. The first-order chi connectivity index (χ1) is 8.86. The molecule has 4 nitrogen and oxygen atoms in total. The van der Waals surface area contributed by atoms with E-state index in [0.29, 0.717) is 5.92 Å². The van der Waals surface area contributed by atoms with E-state index in [4.69, 9.17) is 0 Å². The van der Waals surface area contributed by atoms with Gasteiger partial charge in [-0.1, -0.05) is 6.07 Å². The highest BCUT2D eigenvalue weighted by molar-refractivity contribution is 5.58. The van der Waals surface area contributed by atoms with Gasteiger partial charge in [0.1, 0.15) is 11.6 Å². The molecule has 0 aliphatic heterocycles. The maximum Gasteiger partial charge on any atom is 0.134 e. The first-order valence-electron chi connectivity index (χ1n) is 6.41. The summed E-state index contributed by atoms with van der Waals surface area (Å²) >= 11 is 0. The summed E-state index contributed by atoms with van der Waals surface area (Å²) in [6, 6.07) is 7.85. The lowest BCUT2D eigenvalue weighted by Crippen LogP contribution is -2.04. The maximum absolute atomic E-state index is 4.63. The highest BCUT2D eigenvalue weighted by atomic mass is 15.0. The Kier molecular flexibility index (Phi) is 2.92. The summed E-state index contributed by atoms with van der Waals surface area (Å²) in [6.45, 7) is 2.93. The van der Waals surface area contributed by atoms with Gasteiger partial charge in [0.15, 0.2) is 0 Å². The molecule has 2 aromatic rings. The Bertz CT molecular complexity index is 535. The molecule has 1 aliphatic carbocycles. The zero-order valence-electron chi connectivity index (χ0n) is 10.4. The first-order valence-corrected chi connectivity index (χ1v) is 6.41. The molecule has 0 saturated heterocycles. The van der Waals surface area contributed by atoms with Crippen LogP contribution >= 0.6 is 0 Å². The smallest absolute Gasteiger partial charge is 0.134 e. The molecule has 1 fully saturated rings. The Hall–Kier alpha value is -1.97. The maximum atomic E-state index is 4.63. The highest BCUT2D eigenvalue weighted by Crippen LogP contribution is 2.39. The largest absolute Gasteiger partial charge is 0.370 e. The molecular formula is C14H16N4. The fourth-order valence-corrected chi connectivity index (χ4v) is 1.91. The standard InChI is InChI=1S/C14H16N4/c1-2-15-13-9-12(11-5-3-4-8-16-11)17-14(18-13)10-6-7-10/h3-5,8-10H,2,6-7H2,1H3,(H,15,17,18). The molecule has 0 atom stereocenters. The second-order valence-electron chi connectivity index (χ2n) is 4.52. The van der Waals surface area contributed by atoms with Gasteiger partial charge in [0, 0.05) is 24.7 Å². The molecule has 2 aromatic heterocycles. The third-order valence-electron chi connectivity index (χ3n) is 2.97. The SMILES string of the molecule is CCNc1cc(-c2ccccn2)nc(C2CC2)n1. The Morgan fingerprint density at radius 3 is 2.78 bits per heavy atom. The van der Waals surface area contributed by atoms with E-state index in [2.05, 4.69) is 27.2 Å². The van der Waals surface area contributed by atoms with E-state index in [9.17, 15) is 0 Å². The van der Waals surface area contributed by atoms with Crippen molar-refractivity contribution in [3.05, 3.63) is 36.3 Å². The van der Waals surface area contributed by atoms with E-state index in [1.54, 1.807) is 6.20 Å². The Morgan fingerprint density at radius 2 is 2.11 bits per heavy atom. The Morgan fingerprint density at radius 1 is 1.22 bits per heavy atom. The van der Waals surface area contributed by atoms with Crippen molar-refractivity contribution in [3.8, 4) is 11.4 Å². The average molecular weight is 240 g/mol. The number of nitrogens with one attached hydrogen (secondary N) is 1. The second kappa shape index (κ2) is 4.72. The molecule has 1 aliphatic rings. The second-order valence-corrected chi connectivity index (χ2v) is 4.52. The van der Waals surface area contributed by atoms with E-state index in [-0.39, 0.29) is 0 Å². The molecular weight excluding hydrogens is 224 g/mol. The van der Waals surface area contributed by atoms with Crippen LogP contribution in [0.3, 0.4) is 0 Å². The van der Waals surface area contributed by atoms with Crippen molar-refractivity contribution in [2.75, 3.05) is 11.9 Å². The fourth-order valence-electron chi connectivity index (χ4n) is 1.91. The van der Waals surface area contributed by atoms with E-state index in [0.717, 1.165) is 29.6 Å². The zero-order chi connectivity index (χ0) is 12.4. The lowest BCUT2D eigenvalue weighted by atomic mass is 10.2. The van der Waals surface area contributed by atoms with Crippen LogP contribution in [-0.2, 0) is 0 Å². The van der Waals surface area contributed by atoms with E-state index < -0.39 is 0 Å². The molecule has 18 heavy (non-hydrogen) atoms. The highest BCUT2D eigenvalue weighted by Gasteiger charge is 2.27. The zero-order valence-corrected chi connectivity index (χ0v) is 10.4. The first kappa shape index (κ1) is 11.1. The number of anilines is 1. The molecule has 0 radical (unpaired) electrons. The van der Waals surface area contributed by atoms with Crippen molar-refractivity contribution >= 4 is 5.82 Å². The van der Waals surface area contributed by atoms with Gasteiger partial charge in [-0.15, -0.1) is 0 Å². The quantitative estimate of drug-likeness (QED) is 0.892. The van der Waals surface area contributed by atoms with Crippen LogP contribution in [0.2, 0.25) is 0 Å². The van der Waals surface area contributed by atoms with E-state index >= 15 is 0 Å². The Balaban J connectivity index is 2.02. The lowest BCUT2D eigenvalue weighted by Gasteiger charge is -2.08. The molecule has 2 heterocycles. The Labute approximate surface area is 107 Å². The predicted molar refractivity (Wildman–Crippen MR) is 71.4 cm³/mol. The van der Waals surface area contributed by atoms with Crippen LogP contribution in [0.15, 0.2) is 30.5 Å². The third-order valence-corrected chi connectivity index (χ3v) is 2.97. The van der Waals surface area contributed by atoms with Crippen LogP contribution in [0.25, 0.3) is 11.4 Å². The van der Waals surface area contributed by atoms with Gasteiger partial charge in [-0.2, -0.15) is 0 Å². The summed E-state index contributed by atoms with van der Waals surface area (Å²) in [4.78, 5) is 13.5. The molecule has 0 aromatic carbocycles. The summed E-state index contributed by atoms with van der Waals surface area (Å²) in [5.74, 6) is 2.40. The molecule has 3 rings (SSSR count). The summed E-state index contributed by atoms with van der Waals surface area (Å²) in [6.07, 6.45) is 4.20. The van der Waals surface area contributed by atoms with Gasteiger partial charge in [-0.25, -0.2) is 9.97 Å². The van der Waals surface area contributed by atoms with Crippen molar-refractivity contribution in [2.45, 2.75) is 25.7 Å². The minimum absolute atomic E-state index is 0.547. The summed E-state index contributed by atoms with van der Waals surface area (Å²) in [5, 5.41) is 3.26. The fraction of sp³-hybridized carbons (Fsp3) is 0.357. The summed E-state index contributed by atoms with van der Waals surface area (Å²) in [7, 11) is 0. The van der Waals surface area contributed by atoms with Gasteiger partial charge < -0.3 is 5.32 Å². The van der Waals surface area contributed by atoms with Gasteiger partial charge in [-0.3, -0.25) is 4.98 Å². The number of hydrogen-bond donors (Lipinski definition) is 1. The third kappa shape index (κ3) is 2.32. The van der Waals surface area contributed by atoms with Crippen LogP contribution in [0.5, 0.6) is 0 Å². The minimum atomic E-state index is 0.547. The van der Waals surface area contributed by atoms with Crippen molar-refractivity contribution in [1.29, 1.82) is 0 Å². The van der Waals surface area contributed by atoms with Gasteiger partial charge in [0.05, 0.1) is 11.4 Å². The normalized spacial score (nSPS) is 14.5. The molecule has 1 N–H and O–H groups in total. The van der Waals surface area contributed by atoms with Crippen molar-refractivity contribution in [3.63, 3.8) is 0 Å². The van der Waals surface area contributed by atoms with Crippen molar-refractivity contribution in [1.82, 2.24) is 15.0 Å². The lowest BCUT2D eigenvalue weighted by molar-refractivity contribution is 0.925. The summed E-state index contributed by atoms with van der Waals surface area (Å²) in [5.41, 5.74) is 1.81. The monoisotopic (exact) mass is 240 g/mol. The molecule has 0 amide bonds. The van der Waals surface area contributed by atoms with Crippen molar-refractivity contribution in [2.24, 2.45) is 0 Å². The molecule has 92 valence electrons. The van der Waals surface area contributed by atoms with Crippen LogP contribution < -0.4 is 5.32 Å². The number of hydrogen-bond acceptors (Lipinski definition) is 4. The van der Waals surface area contributed by atoms with Crippen LogP contribution in [-0.4, -0.2) is 21.5 Å². The van der Waals surface area contributed by atoms with E-state index in [1.807, 2.05) is 24.3 Å². The molecule has 1 saturated carbocycles. The average Bonchev–Trinajstić information content (AvgIpc) is 3.24. The predicted octanol–water partition coefficient (Wildman–Crippen LogP) is 2.85. The molecule has 0 unspecified atom stereocenters. The summed E-state index contributed by atoms with van der Waals surface area (Å²) < 4.78 is 0. The van der Waals surface area contributed by atoms with Crippen molar-refractivity contribution < 1.29 is 0 Å². The van der Waals surface area contributed by atoms with Gasteiger partial charge in [0.2, 0.25) is 0 Å². The minimum Gasteiger partial charge on any atom is -0.370 e. The number of rotatable bonds is 4. The van der Waals surface area contributed by atoms with Crippen LogP contribution in [0.4, 0.5) is 5.82 Å². The van der Waals surface area contributed by atoms with Gasteiger partial charge in [0.25, 0.3) is 0 Å². The number of pyridine rings is 1. The van der Waals surface area contributed by atoms with Crippen LogP contribution in [0.1, 0.15) is 31.5 Å². The molecule has 4 heteroatoms. The van der Waals surface area contributed by atoms with E-state index in [1.165, 1.54) is 12.8 Å². The van der Waals surface area contributed by atoms with Gasteiger partial charge in [-0.05, 0) is 31.9 Å². The van der Waals surface area contributed by atoms with Gasteiger partial charge >= 0.3 is 0 Å². The topological polar surface area (TPSA) is 50.7 Å².